The first-order chi connectivity index (χ1) is 16.0. The fraction of sp³-hybridized carbons (Fsp3) is 0.240. The molecular weight excluding hydrogens is 518 g/mol. The van der Waals surface area contributed by atoms with Crippen molar-refractivity contribution >= 4 is 55.0 Å². The Morgan fingerprint density at radius 3 is 2.67 bits per heavy atom. The lowest BCUT2D eigenvalue weighted by atomic mass is 10.1. The van der Waals surface area contributed by atoms with E-state index >= 15 is 0 Å². The summed E-state index contributed by atoms with van der Waals surface area (Å²) in [5, 5.41) is 1.34. The standard InChI is InChI=1S/C25H22BrN3O2S2/c1-28-12-11-19-21(14-28)33-23-22(19)24(31)29(13-16-5-3-2-4-6-16)25(27-23)32-15-20(30)17-7-9-18(26)10-8-17/h2-10H,11-15H2,1H3. The first-order valence-corrected chi connectivity index (χ1v) is 13.3. The number of carbonyl (C=O) groups is 1. The number of likely N-dealkylation sites (N-methyl/N-ethyl adjacent to an activating group) is 1. The van der Waals surface area contributed by atoms with Crippen LogP contribution in [-0.4, -0.2) is 39.6 Å². The Labute approximate surface area is 208 Å². The highest BCUT2D eigenvalue weighted by atomic mass is 79.9. The molecule has 33 heavy (non-hydrogen) atoms. The van der Waals surface area contributed by atoms with Crippen molar-refractivity contribution in [1.29, 1.82) is 0 Å². The Morgan fingerprint density at radius 2 is 1.91 bits per heavy atom. The van der Waals surface area contributed by atoms with Crippen molar-refractivity contribution in [1.82, 2.24) is 14.5 Å². The minimum absolute atomic E-state index is 0.00973. The van der Waals surface area contributed by atoms with E-state index in [1.165, 1.54) is 16.6 Å². The van der Waals surface area contributed by atoms with E-state index in [1.807, 2.05) is 54.6 Å². The van der Waals surface area contributed by atoms with E-state index in [-0.39, 0.29) is 17.1 Å². The van der Waals surface area contributed by atoms with Gasteiger partial charge in [0, 0.05) is 28.0 Å². The van der Waals surface area contributed by atoms with Gasteiger partial charge in [-0.3, -0.25) is 14.2 Å². The van der Waals surface area contributed by atoms with E-state index in [4.69, 9.17) is 4.98 Å². The second-order valence-electron chi connectivity index (χ2n) is 8.16. The Hall–Kier alpha value is -2.26. The molecule has 168 valence electrons. The zero-order valence-corrected chi connectivity index (χ0v) is 21.3. The number of aromatic nitrogens is 2. The van der Waals surface area contributed by atoms with Gasteiger partial charge in [-0.15, -0.1) is 11.3 Å². The van der Waals surface area contributed by atoms with E-state index < -0.39 is 0 Å². The number of benzene rings is 2. The lowest BCUT2D eigenvalue weighted by Gasteiger charge is -2.21. The van der Waals surface area contributed by atoms with E-state index in [9.17, 15) is 9.59 Å². The maximum Gasteiger partial charge on any atom is 0.263 e. The first-order valence-electron chi connectivity index (χ1n) is 10.7. The summed E-state index contributed by atoms with van der Waals surface area (Å²) >= 11 is 6.35. The maximum absolute atomic E-state index is 13.7. The molecule has 1 aliphatic heterocycles. The van der Waals surface area contributed by atoms with Gasteiger partial charge in [0.1, 0.15) is 4.83 Å². The molecule has 2 aromatic carbocycles. The molecule has 8 heteroatoms. The van der Waals surface area contributed by atoms with Gasteiger partial charge in [0.25, 0.3) is 5.56 Å². The van der Waals surface area contributed by atoms with Crippen molar-refractivity contribution in [3.63, 3.8) is 0 Å². The molecule has 0 N–H and O–H groups in total. The average molecular weight is 541 g/mol. The lowest BCUT2D eigenvalue weighted by molar-refractivity contribution is 0.102. The van der Waals surface area contributed by atoms with Gasteiger partial charge in [0.2, 0.25) is 0 Å². The summed E-state index contributed by atoms with van der Waals surface area (Å²) in [4.78, 5) is 35.7. The summed E-state index contributed by atoms with van der Waals surface area (Å²) in [5.41, 5.74) is 2.82. The highest BCUT2D eigenvalue weighted by Crippen LogP contribution is 2.33. The fourth-order valence-corrected chi connectivity index (χ4v) is 6.55. The summed E-state index contributed by atoms with van der Waals surface area (Å²) in [5.74, 6) is 0.238. The number of rotatable bonds is 6. The molecule has 0 atom stereocenters. The van der Waals surface area contributed by atoms with E-state index in [2.05, 4.69) is 27.9 Å². The summed E-state index contributed by atoms with van der Waals surface area (Å²) in [7, 11) is 2.10. The Kier molecular flexibility index (Phi) is 6.51. The highest BCUT2D eigenvalue weighted by Gasteiger charge is 2.24. The normalized spacial score (nSPS) is 13.9. The Balaban J connectivity index is 1.54. The van der Waals surface area contributed by atoms with Crippen LogP contribution in [0.2, 0.25) is 0 Å². The summed E-state index contributed by atoms with van der Waals surface area (Å²) in [6.45, 7) is 2.22. The molecule has 0 spiro atoms. The van der Waals surface area contributed by atoms with Crippen LogP contribution in [0, 0.1) is 0 Å². The molecule has 0 radical (unpaired) electrons. The largest absolute Gasteiger partial charge is 0.301 e. The summed E-state index contributed by atoms with van der Waals surface area (Å²) in [6, 6.07) is 17.3. The molecule has 5 rings (SSSR count). The molecule has 5 nitrogen and oxygen atoms in total. The highest BCUT2D eigenvalue weighted by molar-refractivity contribution is 9.10. The summed E-state index contributed by atoms with van der Waals surface area (Å²) in [6.07, 6.45) is 0.864. The van der Waals surface area contributed by atoms with Crippen molar-refractivity contribution in [2.45, 2.75) is 24.7 Å². The number of Topliss-reactive ketones (excluding diaryl/α,β-unsaturated/α-hetero) is 1. The zero-order valence-electron chi connectivity index (χ0n) is 18.1. The van der Waals surface area contributed by atoms with Crippen LogP contribution in [0.15, 0.2) is 69.0 Å². The third kappa shape index (κ3) is 4.71. The van der Waals surface area contributed by atoms with Crippen LogP contribution in [0.25, 0.3) is 10.2 Å². The molecule has 3 heterocycles. The predicted octanol–water partition coefficient (Wildman–Crippen LogP) is 5.23. The minimum Gasteiger partial charge on any atom is -0.301 e. The number of thioether (sulfide) groups is 1. The molecule has 0 unspecified atom stereocenters. The second-order valence-corrected chi connectivity index (χ2v) is 11.1. The molecule has 2 aromatic heterocycles. The number of thiophene rings is 1. The van der Waals surface area contributed by atoms with Gasteiger partial charge >= 0.3 is 0 Å². The lowest BCUT2D eigenvalue weighted by Crippen LogP contribution is -2.28. The van der Waals surface area contributed by atoms with Crippen molar-refractivity contribution < 1.29 is 4.79 Å². The van der Waals surface area contributed by atoms with Gasteiger partial charge in [-0.05, 0) is 36.7 Å². The number of fused-ring (bicyclic) bond motifs is 3. The molecule has 1 aliphatic rings. The summed E-state index contributed by atoms with van der Waals surface area (Å²) < 4.78 is 2.67. The van der Waals surface area contributed by atoms with Crippen LogP contribution in [-0.2, 0) is 19.5 Å². The van der Waals surface area contributed by atoms with Gasteiger partial charge in [-0.25, -0.2) is 4.98 Å². The van der Waals surface area contributed by atoms with E-state index in [0.29, 0.717) is 17.3 Å². The molecule has 0 fully saturated rings. The first kappa shape index (κ1) is 22.5. The number of carbonyl (C=O) groups excluding carboxylic acids is 1. The molecule has 0 aliphatic carbocycles. The smallest absolute Gasteiger partial charge is 0.263 e. The predicted molar refractivity (Wildman–Crippen MR) is 139 cm³/mol. The minimum atomic E-state index is -0.00973. The molecule has 0 saturated heterocycles. The van der Waals surface area contributed by atoms with E-state index in [1.54, 1.807) is 15.9 Å². The van der Waals surface area contributed by atoms with Crippen LogP contribution in [0.5, 0.6) is 0 Å². The SMILES string of the molecule is CN1CCc2c(sc3nc(SCC(=O)c4ccc(Br)cc4)n(Cc4ccccc4)c(=O)c23)C1. The second kappa shape index (κ2) is 9.54. The Morgan fingerprint density at radius 1 is 1.15 bits per heavy atom. The maximum atomic E-state index is 13.7. The number of nitrogens with zero attached hydrogens (tertiary/aromatic N) is 3. The molecule has 0 saturated carbocycles. The zero-order chi connectivity index (χ0) is 22.9. The van der Waals surface area contributed by atoms with Crippen molar-refractivity contribution in [2.24, 2.45) is 0 Å². The van der Waals surface area contributed by atoms with Crippen molar-refractivity contribution in [2.75, 3.05) is 19.3 Å². The monoisotopic (exact) mass is 539 g/mol. The Bertz CT molecular complexity index is 1380. The van der Waals surface area contributed by atoms with Gasteiger partial charge < -0.3 is 4.90 Å². The van der Waals surface area contributed by atoms with E-state index in [0.717, 1.165) is 45.3 Å². The van der Waals surface area contributed by atoms with Crippen LogP contribution in [0.1, 0.15) is 26.4 Å². The van der Waals surface area contributed by atoms with Gasteiger partial charge in [-0.2, -0.15) is 0 Å². The average Bonchev–Trinajstić information content (AvgIpc) is 3.18. The van der Waals surface area contributed by atoms with Gasteiger partial charge in [-0.1, -0.05) is 70.2 Å². The van der Waals surface area contributed by atoms with Crippen LogP contribution >= 0.6 is 39.0 Å². The van der Waals surface area contributed by atoms with Crippen LogP contribution in [0.3, 0.4) is 0 Å². The van der Waals surface area contributed by atoms with Crippen molar-refractivity contribution in [3.05, 3.63) is 91.0 Å². The topological polar surface area (TPSA) is 55.2 Å². The fourth-order valence-electron chi connectivity index (χ4n) is 4.05. The number of hydrogen-bond donors (Lipinski definition) is 0. The quantitative estimate of drug-likeness (QED) is 0.191. The number of ketones is 1. The molecule has 0 amide bonds. The molecule has 4 aromatic rings. The van der Waals surface area contributed by atoms with Crippen LogP contribution in [0.4, 0.5) is 0 Å². The number of halogens is 1. The number of hydrogen-bond acceptors (Lipinski definition) is 6. The molecule has 0 bridgehead atoms. The molecular formula is C25H22BrN3O2S2. The third-order valence-electron chi connectivity index (χ3n) is 5.80. The van der Waals surface area contributed by atoms with Crippen molar-refractivity contribution in [3.8, 4) is 0 Å². The van der Waals surface area contributed by atoms with Gasteiger partial charge in [0.05, 0.1) is 17.7 Å². The van der Waals surface area contributed by atoms with Gasteiger partial charge in [0.15, 0.2) is 10.9 Å². The van der Waals surface area contributed by atoms with Crippen LogP contribution < -0.4 is 5.56 Å². The third-order valence-corrected chi connectivity index (χ3v) is 8.41.